The minimum Gasteiger partial charge on any atom is -0.340 e. The topological polar surface area (TPSA) is 23.6 Å². The van der Waals surface area contributed by atoms with Crippen LogP contribution in [-0.4, -0.2) is 48.4 Å². The summed E-state index contributed by atoms with van der Waals surface area (Å²) in [5.41, 5.74) is 0. The molecule has 0 spiro atoms. The van der Waals surface area contributed by atoms with E-state index in [1.807, 2.05) is 32.6 Å². The number of hydrogen-bond acceptors (Lipinski definition) is 2. The largest absolute Gasteiger partial charge is 0.340 e. The molecule has 0 unspecified atom stereocenters. The highest BCUT2D eigenvalue weighted by Crippen LogP contribution is 2.06. The first-order valence-corrected chi connectivity index (χ1v) is 6.16. The Hall–Kier alpha value is -0.570. The predicted molar refractivity (Wildman–Crippen MR) is 64.9 cm³/mol. The predicted octanol–water partition coefficient (Wildman–Crippen LogP) is 1.83. The van der Waals surface area contributed by atoms with Crippen molar-refractivity contribution in [3.05, 3.63) is 0 Å². The number of rotatable bonds is 2. The Bertz CT molecular complexity index is 172. The van der Waals surface area contributed by atoms with Gasteiger partial charge < -0.3 is 9.80 Å². The molecule has 1 aliphatic rings. The van der Waals surface area contributed by atoms with Gasteiger partial charge >= 0.3 is 0 Å². The molecule has 0 aliphatic carbocycles. The second-order valence-corrected chi connectivity index (χ2v) is 3.91. The van der Waals surface area contributed by atoms with E-state index in [1.54, 1.807) is 0 Å². The van der Waals surface area contributed by atoms with Crippen LogP contribution in [0.4, 0.5) is 0 Å². The van der Waals surface area contributed by atoms with Crippen molar-refractivity contribution >= 4 is 5.91 Å². The standard InChI is InChI=1S/C10H20N2O.C2H6/c1-4-11-5-7-12(8-6-11)10(13)9(2)3;1-2/h9H,4-8H2,1-3H3;1-2H3. The molecule has 1 saturated heterocycles. The molecule has 0 bridgehead atoms. The van der Waals surface area contributed by atoms with E-state index in [4.69, 9.17) is 0 Å². The number of piperazine rings is 1. The molecule has 3 nitrogen and oxygen atoms in total. The van der Waals surface area contributed by atoms with Crippen molar-refractivity contribution < 1.29 is 4.79 Å². The minimum absolute atomic E-state index is 0.146. The van der Waals surface area contributed by atoms with E-state index in [0.717, 1.165) is 32.7 Å². The molecule has 0 aromatic heterocycles. The van der Waals surface area contributed by atoms with Crippen LogP contribution in [0.3, 0.4) is 0 Å². The lowest BCUT2D eigenvalue weighted by Crippen LogP contribution is -2.49. The van der Waals surface area contributed by atoms with Crippen molar-refractivity contribution in [2.75, 3.05) is 32.7 Å². The Balaban J connectivity index is 0.000000921. The first-order valence-electron chi connectivity index (χ1n) is 6.16. The summed E-state index contributed by atoms with van der Waals surface area (Å²) in [5.74, 6) is 0.448. The third-order valence-corrected chi connectivity index (χ3v) is 2.63. The Labute approximate surface area is 94.4 Å². The highest BCUT2D eigenvalue weighted by molar-refractivity contribution is 5.78. The Morgan fingerprint density at radius 1 is 1.13 bits per heavy atom. The lowest BCUT2D eigenvalue weighted by molar-refractivity contribution is -0.136. The van der Waals surface area contributed by atoms with Crippen LogP contribution in [0.2, 0.25) is 0 Å². The summed E-state index contributed by atoms with van der Waals surface area (Å²) in [6.07, 6.45) is 0. The number of likely N-dealkylation sites (N-methyl/N-ethyl adjacent to an activating group) is 1. The molecular formula is C12H26N2O. The van der Waals surface area contributed by atoms with Crippen LogP contribution < -0.4 is 0 Å². The SMILES string of the molecule is CC.CCN1CCN(C(=O)C(C)C)CC1. The van der Waals surface area contributed by atoms with Crippen LogP contribution in [-0.2, 0) is 4.79 Å². The van der Waals surface area contributed by atoms with Gasteiger partial charge in [-0.05, 0) is 6.54 Å². The van der Waals surface area contributed by atoms with Gasteiger partial charge in [0.15, 0.2) is 0 Å². The minimum atomic E-state index is 0.146. The van der Waals surface area contributed by atoms with Crippen molar-refractivity contribution in [1.29, 1.82) is 0 Å². The van der Waals surface area contributed by atoms with Crippen LogP contribution in [0.25, 0.3) is 0 Å². The Morgan fingerprint density at radius 3 is 1.93 bits per heavy atom. The molecule has 1 amide bonds. The number of carbonyl (C=O) groups is 1. The fraction of sp³-hybridized carbons (Fsp3) is 0.917. The smallest absolute Gasteiger partial charge is 0.225 e. The summed E-state index contributed by atoms with van der Waals surface area (Å²) >= 11 is 0. The first kappa shape index (κ1) is 14.4. The van der Waals surface area contributed by atoms with Gasteiger partial charge in [-0.1, -0.05) is 34.6 Å². The third kappa shape index (κ3) is 4.65. The van der Waals surface area contributed by atoms with Gasteiger partial charge in [-0.15, -0.1) is 0 Å². The molecule has 1 aliphatic heterocycles. The molecule has 0 aromatic carbocycles. The molecule has 0 atom stereocenters. The normalized spacial score (nSPS) is 17.3. The lowest BCUT2D eigenvalue weighted by atomic mass is 10.1. The van der Waals surface area contributed by atoms with Gasteiger partial charge in [0.1, 0.15) is 0 Å². The summed E-state index contributed by atoms with van der Waals surface area (Å²) in [6.45, 7) is 15.1. The molecule has 1 heterocycles. The molecule has 1 fully saturated rings. The molecule has 0 N–H and O–H groups in total. The van der Waals surface area contributed by atoms with Gasteiger partial charge in [0.25, 0.3) is 0 Å². The Morgan fingerprint density at radius 2 is 1.60 bits per heavy atom. The van der Waals surface area contributed by atoms with E-state index >= 15 is 0 Å². The van der Waals surface area contributed by atoms with E-state index in [1.165, 1.54) is 0 Å². The van der Waals surface area contributed by atoms with Gasteiger partial charge in [0, 0.05) is 32.1 Å². The zero-order chi connectivity index (χ0) is 11.8. The highest BCUT2D eigenvalue weighted by atomic mass is 16.2. The van der Waals surface area contributed by atoms with Gasteiger partial charge in [-0.2, -0.15) is 0 Å². The zero-order valence-electron chi connectivity index (χ0n) is 10.9. The van der Waals surface area contributed by atoms with E-state index < -0.39 is 0 Å². The summed E-state index contributed by atoms with van der Waals surface area (Å²) in [4.78, 5) is 16.0. The number of nitrogens with zero attached hydrogens (tertiary/aromatic N) is 2. The maximum absolute atomic E-state index is 11.6. The van der Waals surface area contributed by atoms with Crippen LogP contribution in [0.1, 0.15) is 34.6 Å². The zero-order valence-corrected chi connectivity index (χ0v) is 10.9. The van der Waals surface area contributed by atoms with Gasteiger partial charge in [0.05, 0.1) is 0 Å². The number of amides is 1. The first-order chi connectivity index (χ1) is 7.15. The van der Waals surface area contributed by atoms with Gasteiger partial charge in [-0.3, -0.25) is 4.79 Å². The average Bonchev–Trinajstić information content (AvgIpc) is 2.31. The van der Waals surface area contributed by atoms with Crippen molar-refractivity contribution in [3.63, 3.8) is 0 Å². The average molecular weight is 214 g/mol. The van der Waals surface area contributed by atoms with E-state index in [-0.39, 0.29) is 5.92 Å². The molecule has 90 valence electrons. The number of hydrogen-bond donors (Lipinski definition) is 0. The third-order valence-electron chi connectivity index (χ3n) is 2.63. The quantitative estimate of drug-likeness (QED) is 0.700. The fourth-order valence-electron chi connectivity index (χ4n) is 1.65. The molecule has 0 aromatic rings. The fourth-order valence-corrected chi connectivity index (χ4v) is 1.65. The molecule has 0 saturated carbocycles. The van der Waals surface area contributed by atoms with E-state index in [9.17, 15) is 4.79 Å². The summed E-state index contributed by atoms with van der Waals surface area (Å²) in [6, 6.07) is 0. The summed E-state index contributed by atoms with van der Waals surface area (Å²) in [7, 11) is 0. The van der Waals surface area contributed by atoms with Crippen LogP contribution in [0, 0.1) is 5.92 Å². The van der Waals surface area contributed by atoms with Gasteiger partial charge in [-0.25, -0.2) is 0 Å². The number of carbonyl (C=O) groups excluding carboxylic acids is 1. The van der Waals surface area contributed by atoms with Crippen LogP contribution in [0.5, 0.6) is 0 Å². The van der Waals surface area contributed by atoms with Crippen LogP contribution >= 0.6 is 0 Å². The van der Waals surface area contributed by atoms with Crippen molar-refractivity contribution in [1.82, 2.24) is 9.80 Å². The summed E-state index contributed by atoms with van der Waals surface area (Å²) in [5, 5.41) is 0. The molecule has 1 rings (SSSR count). The molecule has 3 heteroatoms. The van der Waals surface area contributed by atoms with Crippen molar-refractivity contribution in [2.24, 2.45) is 5.92 Å². The second-order valence-electron chi connectivity index (χ2n) is 3.91. The summed E-state index contributed by atoms with van der Waals surface area (Å²) < 4.78 is 0. The van der Waals surface area contributed by atoms with E-state index in [0.29, 0.717) is 5.91 Å². The maximum Gasteiger partial charge on any atom is 0.225 e. The second kappa shape index (κ2) is 7.69. The Kier molecular flexibility index (Phi) is 7.39. The lowest BCUT2D eigenvalue weighted by Gasteiger charge is -2.34. The van der Waals surface area contributed by atoms with Gasteiger partial charge in [0.2, 0.25) is 5.91 Å². The van der Waals surface area contributed by atoms with E-state index in [2.05, 4.69) is 11.8 Å². The monoisotopic (exact) mass is 214 g/mol. The highest BCUT2D eigenvalue weighted by Gasteiger charge is 2.21. The molecule has 0 radical (unpaired) electrons. The molecule has 15 heavy (non-hydrogen) atoms. The van der Waals surface area contributed by atoms with Crippen molar-refractivity contribution in [3.8, 4) is 0 Å². The van der Waals surface area contributed by atoms with Crippen molar-refractivity contribution in [2.45, 2.75) is 34.6 Å². The molecular weight excluding hydrogens is 188 g/mol. The maximum atomic E-state index is 11.6. The van der Waals surface area contributed by atoms with Crippen LogP contribution in [0.15, 0.2) is 0 Å².